The van der Waals surface area contributed by atoms with Gasteiger partial charge in [-0.25, -0.2) is 9.97 Å². The van der Waals surface area contributed by atoms with E-state index in [1.807, 2.05) is 31.0 Å². The number of halogens is 1. The summed E-state index contributed by atoms with van der Waals surface area (Å²) in [6, 6.07) is 3.92. The molecule has 0 saturated heterocycles. The van der Waals surface area contributed by atoms with E-state index >= 15 is 0 Å². The van der Waals surface area contributed by atoms with Gasteiger partial charge in [0.2, 0.25) is 5.95 Å². The average molecular weight is 283 g/mol. The van der Waals surface area contributed by atoms with Crippen LogP contribution >= 0.6 is 22.9 Å². The van der Waals surface area contributed by atoms with Crippen molar-refractivity contribution in [3.05, 3.63) is 38.8 Å². The third kappa shape index (κ3) is 2.98. The van der Waals surface area contributed by atoms with Crippen molar-refractivity contribution in [2.75, 3.05) is 11.9 Å². The standard InChI is InChI=1S/C12H15ClN4S/c1-8-9(5-14)6-15-12(16-8)17(2)7-10-3-4-11(13)18-10/h3-4,6H,5,7,14H2,1-2H3. The number of nitrogens with two attached hydrogens (primary N) is 1. The molecular formula is C12H15ClN4S. The number of hydrogen-bond donors (Lipinski definition) is 1. The van der Waals surface area contributed by atoms with Gasteiger partial charge in [0.05, 0.1) is 10.9 Å². The molecule has 0 aromatic carbocycles. The van der Waals surface area contributed by atoms with Crippen LogP contribution in [0.4, 0.5) is 5.95 Å². The molecule has 2 rings (SSSR count). The summed E-state index contributed by atoms with van der Waals surface area (Å²) in [7, 11) is 1.96. The molecule has 0 radical (unpaired) electrons. The Morgan fingerprint density at radius 3 is 2.78 bits per heavy atom. The van der Waals surface area contributed by atoms with Crippen LogP contribution in [0.1, 0.15) is 16.1 Å². The molecule has 2 aromatic heterocycles. The largest absolute Gasteiger partial charge is 0.339 e. The zero-order valence-electron chi connectivity index (χ0n) is 10.4. The van der Waals surface area contributed by atoms with Crippen molar-refractivity contribution < 1.29 is 0 Å². The normalized spacial score (nSPS) is 10.7. The maximum atomic E-state index is 5.91. The lowest BCUT2D eigenvalue weighted by atomic mass is 10.2. The number of aryl methyl sites for hydroxylation is 1. The Labute approximate surface area is 115 Å². The van der Waals surface area contributed by atoms with E-state index in [2.05, 4.69) is 9.97 Å². The molecule has 0 aliphatic rings. The lowest BCUT2D eigenvalue weighted by Crippen LogP contribution is -2.19. The molecular weight excluding hydrogens is 268 g/mol. The van der Waals surface area contributed by atoms with Crippen LogP contribution in [0, 0.1) is 6.92 Å². The van der Waals surface area contributed by atoms with Gasteiger partial charge in [0.25, 0.3) is 0 Å². The number of hydrogen-bond acceptors (Lipinski definition) is 5. The predicted octanol–water partition coefficient (Wildman–Crippen LogP) is 2.60. The minimum Gasteiger partial charge on any atom is -0.339 e. The van der Waals surface area contributed by atoms with Crippen molar-refractivity contribution >= 4 is 28.9 Å². The van der Waals surface area contributed by atoms with Crippen molar-refractivity contribution in [2.24, 2.45) is 5.73 Å². The monoisotopic (exact) mass is 282 g/mol. The molecule has 0 amide bonds. The molecule has 0 atom stereocenters. The van der Waals surface area contributed by atoms with Gasteiger partial charge in [-0.05, 0) is 19.1 Å². The molecule has 0 spiro atoms. The summed E-state index contributed by atoms with van der Waals surface area (Å²) in [5.41, 5.74) is 7.50. The van der Waals surface area contributed by atoms with Crippen LogP contribution in [0.2, 0.25) is 4.34 Å². The van der Waals surface area contributed by atoms with Gasteiger partial charge in [0.1, 0.15) is 0 Å². The summed E-state index contributed by atoms with van der Waals surface area (Å²) in [6.45, 7) is 3.17. The summed E-state index contributed by atoms with van der Waals surface area (Å²) in [5.74, 6) is 0.703. The van der Waals surface area contributed by atoms with Gasteiger partial charge in [-0.15, -0.1) is 11.3 Å². The van der Waals surface area contributed by atoms with Crippen molar-refractivity contribution in [1.82, 2.24) is 9.97 Å². The lowest BCUT2D eigenvalue weighted by molar-refractivity contribution is 0.855. The Bertz CT molecular complexity index is 541. The van der Waals surface area contributed by atoms with E-state index in [1.165, 1.54) is 4.88 Å². The van der Waals surface area contributed by atoms with Gasteiger partial charge in [0.15, 0.2) is 0 Å². The first-order valence-electron chi connectivity index (χ1n) is 5.58. The number of rotatable bonds is 4. The number of anilines is 1. The topological polar surface area (TPSA) is 55.0 Å². The van der Waals surface area contributed by atoms with Crippen LogP contribution < -0.4 is 10.6 Å². The average Bonchev–Trinajstić information content (AvgIpc) is 2.74. The van der Waals surface area contributed by atoms with Gasteiger partial charge < -0.3 is 10.6 Å². The molecule has 4 nitrogen and oxygen atoms in total. The van der Waals surface area contributed by atoms with Crippen LogP contribution in [0.25, 0.3) is 0 Å². The molecule has 0 saturated carbocycles. The summed E-state index contributed by atoms with van der Waals surface area (Å²) < 4.78 is 0.800. The minimum absolute atomic E-state index is 0.469. The molecule has 0 aliphatic carbocycles. The summed E-state index contributed by atoms with van der Waals surface area (Å²) in [6.07, 6.45) is 1.79. The zero-order valence-corrected chi connectivity index (χ0v) is 11.9. The van der Waals surface area contributed by atoms with E-state index in [9.17, 15) is 0 Å². The van der Waals surface area contributed by atoms with Crippen LogP contribution in [0.5, 0.6) is 0 Å². The van der Waals surface area contributed by atoms with E-state index in [0.717, 1.165) is 22.1 Å². The highest BCUT2D eigenvalue weighted by Gasteiger charge is 2.08. The molecule has 0 aliphatic heterocycles. The molecule has 0 unspecified atom stereocenters. The molecule has 2 N–H and O–H groups in total. The highest BCUT2D eigenvalue weighted by atomic mass is 35.5. The smallest absolute Gasteiger partial charge is 0.225 e. The molecule has 2 heterocycles. The summed E-state index contributed by atoms with van der Waals surface area (Å²) >= 11 is 7.48. The van der Waals surface area contributed by atoms with Gasteiger partial charge in [0, 0.05) is 35.9 Å². The quantitative estimate of drug-likeness (QED) is 0.936. The van der Waals surface area contributed by atoms with Crippen LogP contribution in [-0.4, -0.2) is 17.0 Å². The first kappa shape index (κ1) is 13.3. The van der Waals surface area contributed by atoms with Crippen molar-refractivity contribution in [1.29, 1.82) is 0 Å². The summed E-state index contributed by atoms with van der Waals surface area (Å²) in [4.78, 5) is 12.0. The predicted molar refractivity (Wildman–Crippen MR) is 76.1 cm³/mol. The fourth-order valence-corrected chi connectivity index (χ4v) is 2.75. The van der Waals surface area contributed by atoms with Crippen LogP contribution in [0.15, 0.2) is 18.3 Å². The van der Waals surface area contributed by atoms with Gasteiger partial charge in [-0.3, -0.25) is 0 Å². The van der Waals surface area contributed by atoms with E-state index in [0.29, 0.717) is 12.5 Å². The van der Waals surface area contributed by atoms with Gasteiger partial charge in [-0.1, -0.05) is 11.6 Å². The molecule has 0 fully saturated rings. The Morgan fingerprint density at radius 2 is 2.22 bits per heavy atom. The molecule has 96 valence electrons. The summed E-state index contributed by atoms with van der Waals surface area (Å²) in [5, 5.41) is 0. The third-order valence-electron chi connectivity index (χ3n) is 2.65. The third-order valence-corrected chi connectivity index (χ3v) is 3.87. The van der Waals surface area contributed by atoms with E-state index < -0.39 is 0 Å². The molecule has 18 heavy (non-hydrogen) atoms. The maximum Gasteiger partial charge on any atom is 0.225 e. The SMILES string of the molecule is Cc1nc(N(C)Cc2ccc(Cl)s2)ncc1CN. The zero-order chi connectivity index (χ0) is 13.1. The highest BCUT2D eigenvalue weighted by molar-refractivity contribution is 7.16. The van der Waals surface area contributed by atoms with E-state index in [4.69, 9.17) is 17.3 Å². The van der Waals surface area contributed by atoms with Crippen LogP contribution in [-0.2, 0) is 13.1 Å². The van der Waals surface area contributed by atoms with Crippen LogP contribution in [0.3, 0.4) is 0 Å². The Balaban J connectivity index is 2.13. The minimum atomic E-state index is 0.469. The molecule has 0 bridgehead atoms. The van der Waals surface area contributed by atoms with Gasteiger partial charge in [-0.2, -0.15) is 0 Å². The second-order valence-electron chi connectivity index (χ2n) is 4.05. The number of thiophene rings is 1. The second-order valence-corrected chi connectivity index (χ2v) is 5.85. The Morgan fingerprint density at radius 1 is 1.44 bits per heavy atom. The number of nitrogens with zero attached hydrogens (tertiary/aromatic N) is 3. The second kappa shape index (κ2) is 5.65. The van der Waals surface area contributed by atoms with E-state index in [1.54, 1.807) is 17.5 Å². The molecule has 6 heteroatoms. The maximum absolute atomic E-state index is 5.91. The fourth-order valence-electron chi connectivity index (χ4n) is 1.61. The van der Waals surface area contributed by atoms with Crippen molar-refractivity contribution in [3.8, 4) is 0 Å². The van der Waals surface area contributed by atoms with Crippen molar-refractivity contribution in [2.45, 2.75) is 20.0 Å². The number of aromatic nitrogens is 2. The first-order valence-corrected chi connectivity index (χ1v) is 6.77. The van der Waals surface area contributed by atoms with E-state index in [-0.39, 0.29) is 0 Å². The molecule has 2 aromatic rings. The van der Waals surface area contributed by atoms with Gasteiger partial charge >= 0.3 is 0 Å². The highest BCUT2D eigenvalue weighted by Crippen LogP contribution is 2.23. The Hall–Kier alpha value is -1.17. The fraction of sp³-hybridized carbons (Fsp3) is 0.333. The lowest BCUT2D eigenvalue weighted by Gasteiger charge is -2.16. The van der Waals surface area contributed by atoms with Crippen molar-refractivity contribution in [3.63, 3.8) is 0 Å². The Kier molecular flexibility index (Phi) is 4.16. The first-order chi connectivity index (χ1) is 8.60.